The topological polar surface area (TPSA) is 82.5 Å². The third kappa shape index (κ3) is 2.97. The third-order valence-electron chi connectivity index (χ3n) is 2.89. The molecule has 1 aromatic rings. The Balaban J connectivity index is 1.91. The Morgan fingerprint density at radius 1 is 1.39 bits per heavy atom. The number of carboxylic acid groups (broad SMARTS) is 1. The number of carbonyl (C=O) groups excluding carboxylic acids is 1. The van der Waals surface area contributed by atoms with E-state index in [1.165, 1.54) is 18.3 Å². The number of carbonyl (C=O) groups is 2. The summed E-state index contributed by atoms with van der Waals surface area (Å²) in [5.74, 6) is -0.580. The zero-order valence-corrected chi connectivity index (χ0v) is 9.93. The SMILES string of the molecule is O=C(O)c1ccnc(NCC(=O)N2CCCC2)c1. The van der Waals surface area contributed by atoms with Gasteiger partial charge in [0, 0.05) is 19.3 Å². The van der Waals surface area contributed by atoms with Crippen molar-refractivity contribution in [3.05, 3.63) is 23.9 Å². The number of pyridine rings is 1. The first-order valence-electron chi connectivity index (χ1n) is 5.88. The average Bonchev–Trinajstić information content (AvgIpc) is 2.90. The van der Waals surface area contributed by atoms with Crippen LogP contribution in [0.3, 0.4) is 0 Å². The van der Waals surface area contributed by atoms with Gasteiger partial charge >= 0.3 is 5.97 Å². The lowest BCUT2D eigenvalue weighted by atomic mass is 10.2. The van der Waals surface area contributed by atoms with Crippen LogP contribution >= 0.6 is 0 Å². The molecule has 1 aliphatic rings. The van der Waals surface area contributed by atoms with Crippen molar-refractivity contribution in [1.82, 2.24) is 9.88 Å². The predicted octanol–water partition coefficient (Wildman–Crippen LogP) is 0.814. The van der Waals surface area contributed by atoms with Gasteiger partial charge in [-0.15, -0.1) is 0 Å². The summed E-state index contributed by atoms with van der Waals surface area (Å²) in [5.41, 5.74) is 0.154. The molecule has 6 nitrogen and oxygen atoms in total. The van der Waals surface area contributed by atoms with Crippen molar-refractivity contribution in [1.29, 1.82) is 0 Å². The summed E-state index contributed by atoms with van der Waals surface area (Å²) in [5, 5.41) is 11.7. The van der Waals surface area contributed by atoms with Crippen LogP contribution in [-0.4, -0.2) is 46.5 Å². The van der Waals surface area contributed by atoms with Crippen LogP contribution in [0.4, 0.5) is 5.82 Å². The van der Waals surface area contributed by atoms with E-state index in [1.807, 2.05) is 0 Å². The molecule has 0 aliphatic carbocycles. The van der Waals surface area contributed by atoms with Gasteiger partial charge in [0.05, 0.1) is 12.1 Å². The lowest BCUT2D eigenvalue weighted by Crippen LogP contribution is -2.33. The molecule has 0 unspecified atom stereocenters. The highest BCUT2D eigenvalue weighted by Crippen LogP contribution is 2.09. The molecule has 1 aliphatic heterocycles. The molecule has 1 fully saturated rings. The van der Waals surface area contributed by atoms with Crippen molar-refractivity contribution in [2.24, 2.45) is 0 Å². The Hall–Kier alpha value is -2.11. The standard InChI is InChI=1S/C12H15N3O3/c16-11(15-5-1-2-6-15)8-14-10-7-9(12(17)18)3-4-13-10/h3-4,7H,1-2,5-6,8H2,(H,13,14)(H,17,18). The van der Waals surface area contributed by atoms with Gasteiger partial charge in [-0.05, 0) is 25.0 Å². The average molecular weight is 249 g/mol. The number of hydrogen-bond donors (Lipinski definition) is 2. The molecule has 0 spiro atoms. The van der Waals surface area contributed by atoms with Crippen LogP contribution in [0.25, 0.3) is 0 Å². The van der Waals surface area contributed by atoms with Gasteiger partial charge in [0.25, 0.3) is 0 Å². The monoisotopic (exact) mass is 249 g/mol. The van der Waals surface area contributed by atoms with Gasteiger partial charge < -0.3 is 15.3 Å². The van der Waals surface area contributed by atoms with E-state index in [0.717, 1.165) is 25.9 Å². The minimum absolute atomic E-state index is 0.0232. The van der Waals surface area contributed by atoms with Crippen molar-refractivity contribution < 1.29 is 14.7 Å². The largest absolute Gasteiger partial charge is 0.478 e. The summed E-state index contributed by atoms with van der Waals surface area (Å²) < 4.78 is 0. The van der Waals surface area contributed by atoms with Crippen LogP contribution in [0.1, 0.15) is 23.2 Å². The van der Waals surface area contributed by atoms with Crippen molar-refractivity contribution >= 4 is 17.7 Å². The van der Waals surface area contributed by atoms with Gasteiger partial charge in [-0.25, -0.2) is 9.78 Å². The number of anilines is 1. The number of nitrogens with zero attached hydrogens (tertiary/aromatic N) is 2. The first-order chi connectivity index (χ1) is 8.66. The minimum Gasteiger partial charge on any atom is -0.478 e. The van der Waals surface area contributed by atoms with Crippen LogP contribution in [-0.2, 0) is 4.79 Å². The molecule has 0 atom stereocenters. The Morgan fingerprint density at radius 2 is 2.11 bits per heavy atom. The zero-order chi connectivity index (χ0) is 13.0. The highest BCUT2D eigenvalue weighted by molar-refractivity contribution is 5.88. The highest BCUT2D eigenvalue weighted by Gasteiger charge is 2.17. The van der Waals surface area contributed by atoms with Crippen LogP contribution in [0, 0.1) is 0 Å². The van der Waals surface area contributed by atoms with Crippen molar-refractivity contribution in [2.75, 3.05) is 25.0 Å². The number of amides is 1. The Morgan fingerprint density at radius 3 is 2.78 bits per heavy atom. The summed E-state index contributed by atoms with van der Waals surface area (Å²) >= 11 is 0. The zero-order valence-electron chi connectivity index (χ0n) is 9.93. The first kappa shape index (κ1) is 12.3. The second-order valence-electron chi connectivity index (χ2n) is 4.18. The van der Waals surface area contributed by atoms with Gasteiger partial charge in [0.1, 0.15) is 5.82 Å². The van der Waals surface area contributed by atoms with E-state index in [-0.39, 0.29) is 18.0 Å². The van der Waals surface area contributed by atoms with Gasteiger partial charge in [-0.2, -0.15) is 0 Å². The molecule has 2 N–H and O–H groups in total. The number of nitrogens with one attached hydrogen (secondary N) is 1. The lowest BCUT2D eigenvalue weighted by molar-refractivity contribution is -0.128. The molecule has 1 saturated heterocycles. The molecule has 1 amide bonds. The number of aromatic carboxylic acids is 1. The molecule has 96 valence electrons. The number of carboxylic acids is 1. The maximum Gasteiger partial charge on any atom is 0.335 e. The van der Waals surface area contributed by atoms with Gasteiger partial charge in [0.15, 0.2) is 0 Å². The van der Waals surface area contributed by atoms with Gasteiger partial charge in [0.2, 0.25) is 5.91 Å². The molecule has 0 saturated carbocycles. The van der Waals surface area contributed by atoms with Crippen LogP contribution in [0.5, 0.6) is 0 Å². The lowest BCUT2D eigenvalue weighted by Gasteiger charge is -2.15. The highest BCUT2D eigenvalue weighted by atomic mass is 16.4. The van der Waals surface area contributed by atoms with Crippen molar-refractivity contribution in [3.63, 3.8) is 0 Å². The predicted molar refractivity (Wildman–Crippen MR) is 65.5 cm³/mol. The molecule has 18 heavy (non-hydrogen) atoms. The number of rotatable bonds is 4. The van der Waals surface area contributed by atoms with E-state index in [4.69, 9.17) is 5.11 Å². The molecule has 0 radical (unpaired) electrons. The molecule has 2 rings (SSSR count). The fourth-order valence-corrected chi connectivity index (χ4v) is 1.90. The molecule has 6 heteroatoms. The number of hydrogen-bond acceptors (Lipinski definition) is 4. The Kier molecular flexibility index (Phi) is 3.76. The van der Waals surface area contributed by atoms with Crippen LogP contribution in [0.2, 0.25) is 0 Å². The summed E-state index contributed by atoms with van der Waals surface area (Å²) in [7, 11) is 0. The quantitative estimate of drug-likeness (QED) is 0.825. The van der Waals surface area contributed by atoms with Gasteiger partial charge in [-0.3, -0.25) is 4.79 Å². The molecule has 1 aromatic heterocycles. The summed E-state index contributed by atoms with van der Waals surface area (Å²) in [6.07, 6.45) is 3.52. The molecule has 0 aromatic carbocycles. The second-order valence-corrected chi connectivity index (χ2v) is 4.18. The normalized spacial score (nSPS) is 14.6. The smallest absolute Gasteiger partial charge is 0.335 e. The summed E-state index contributed by atoms with van der Waals surface area (Å²) in [4.78, 5) is 28.3. The molecule has 0 bridgehead atoms. The number of likely N-dealkylation sites (tertiary alicyclic amines) is 1. The maximum atomic E-state index is 11.8. The Bertz CT molecular complexity index is 456. The summed E-state index contributed by atoms with van der Waals surface area (Å²) in [6.45, 7) is 1.77. The fraction of sp³-hybridized carbons (Fsp3) is 0.417. The summed E-state index contributed by atoms with van der Waals surface area (Å²) in [6, 6.07) is 2.83. The van der Waals surface area contributed by atoms with Gasteiger partial charge in [-0.1, -0.05) is 0 Å². The fourth-order valence-electron chi connectivity index (χ4n) is 1.90. The van der Waals surface area contributed by atoms with Crippen LogP contribution < -0.4 is 5.32 Å². The first-order valence-corrected chi connectivity index (χ1v) is 5.88. The van der Waals surface area contributed by atoms with E-state index in [1.54, 1.807) is 4.90 Å². The second kappa shape index (κ2) is 5.48. The minimum atomic E-state index is -1.01. The van der Waals surface area contributed by atoms with E-state index in [9.17, 15) is 9.59 Å². The van der Waals surface area contributed by atoms with Crippen molar-refractivity contribution in [2.45, 2.75) is 12.8 Å². The number of aromatic nitrogens is 1. The molecular weight excluding hydrogens is 234 g/mol. The van der Waals surface area contributed by atoms with Crippen molar-refractivity contribution in [3.8, 4) is 0 Å². The molecular formula is C12H15N3O3. The van der Waals surface area contributed by atoms with E-state index in [0.29, 0.717) is 5.82 Å². The van der Waals surface area contributed by atoms with E-state index >= 15 is 0 Å². The van der Waals surface area contributed by atoms with E-state index < -0.39 is 5.97 Å². The third-order valence-corrected chi connectivity index (χ3v) is 2.89. The molecule has 2 heterocycles. The van der Waals surface area contributed by atoms with Crippen LogP contribution in [0.15, 0.2) is 18.3 Å². The maximum absolute atomic E-state index is 11.8. The Labute approximate surface area is 105 Å². The van der Waals surface area contributed by atoms with E-state index in [2.05, 4.69) is 10.3 Å².